The summed E-state index contributed by atoms with van der Waals surface area (Å²) in [6.07, 6.45) is 0. The third kappa shape index (κ3) is 6.00. The molecule has 9 aromatic carbocycles. The van der Waals surface area contributed by atoms with E-state index in [2.05, 4.69) is 217 Å². The highest BCUT2D eigenvalue weighted by atomic mass is 32.1. The van der Waals surface area contributed by atoms with Crippen molar-refractivity contribution in [2.75, 3.05) is 4.90 Å². The average molecular weight is 762 g/mol. The van der Waals surface area contributed by atoms with Crippen molar-refractivity contribution in [1.29, 1.82) is 0 Å². The fourth-order valence-electron chi connectivity index (χ4n) is 8.27. The molecular weight excluding hydrogens is 727 g/mol. The second-order valence-electron chi connectivity index (χ2n) is 14.5. The van der Waals surface area contributed by atoms with E-state index < -0.39 is 0 Å². The summed E-state index contributed by atoms with van der Waals surface area (Å²) in [5.41, 5.74) is 13.2. The molecule has 0 aliphatic heterocycles. The largest absolute Gasteiger partial charge is 0.309 e. The van der Waals surface area contributed by atoms with Gasteiger partial charge in [-0.05, 0) is 93.0 Å². The molecule has 0 bridgehead atoms. The predicted octanol–water partition coefficient (Wildman–Crippen LogP) is 16.6. The molecule has 0 atom stereocenters. The predicted molar refractivity (Wildman–Crippen MR) is 249 cm³/mol. The van der Waals surface area contributed by atoms with Gasteiger partial charge in [-0.25, -0.2) is 0 Å². The Morgan fingerprint density at radius 2 is 0.772 bits per heavy atom. The number of fused-ring (bicyclic) bond motifs is 6. The minimum Gasteiger partial charge on any atom is -0.309 e. The molecule has 0 radical (unpaired) electrons. The Bertz CT molecular complexity index is 3210. The van der Waals surface area contributed by atoms with Crippen molar-refractivity contribution in [3.63, 3.8) is 0 Å². The summed E-state index contributed by atoms with van der Waals surface area (Å²) in [5.74, 6) is 0. The van der Waals surface area contributed by atoms with Gasteiger partial charge in [-0.15, -0.1) is 22.7 Å². The van der Waals surface area contributed by atoms with Crippen molar-refractivity contribution in [1.82, 2.24) is 0 Å². The van der Waals surface area contributed by atoms with Gasteiger partial charge in [-0.3, -0.25) is 0 Å². The molecule has 0 amide bonds. The molecule has 0 N–H and O–H groups in total. The van der Waals surface area contributed by atoms with Crippen LogP contribution in [0.3, 0.4) is 0 Å². The van der Waals surface area contributed by atoms with Crippen molar-refractivity contribution >= 4 is 80.1 Å². The SMILES string of the molecule is c1ccc(-c2cccc(-c3ccc(N(c4ccc(-c5ccc6c(c5)sc5ccccc56)cc4)c4cccc5c4sc4c(-c6ccccc6)cccc45)cc3)c2)cc1. The van der Waals surface area contributed by atoms with Gasteiger partial charge in [0.05, 0.1) is 10.4 Å². The van der Waals surface area contributed by atoms with Crippen LogP contribution >= 0.6 is 22.7 Å². The Hall–Kier alpha value is -6.78. The van der Waals surface area contributed by atoms with Crippen molar-refractivity contribution in [3.05, 3.63) is 212 Å². The van der Waals surface area contributed by atoms with E-state index in [0.717, 1.165) is 11.4 Å². The van der Waals surface area contributed by atoms with Crippen LogP contribution in [-0.4, -0.2) is 0 Å². The van der Waals surface area contributed by atoms with E-state index in [1.807, 2.05) is 22.7 Å². The summed E-state index contributed by atoms with van der Waals surface area (Å²) < 4.78 is 5.23. The number of thiophene rings is 2. The molecule has 11 rings (SSSR count). The van der Waals surface area contributed by atoms with E-state index >= 15 is 0 Å². The molecule has 0 saturated carbocycles. The Labute approximate surface area is 340 Å². The lowest BCUT2D eigenvalue weighted by Crippen LogP contribution is -2.10. The lowest BCUT2D eigenvalue weighted by molar-refractivity contribution is 1.30. The standard InChI is InChI=1S/C54H35NS2/c1-3-12-36(13-4-1)40-16-9-17-41(34-40)37-24-29-43(30-25-37)55(44-31-26-38(27-32-44)42-28-33-47-46-18-7-8-23-51(46)56-52(47)35-42)50-22-11-21-49-48-20-10-19-45(53(48)57-54(49)50)39-14-5-2-6-15-39/h1-35H. The summed E-state index contributed by atoms with van der Waals surface area (Å²) in [7, 11) is 0. The van der Waals surface area contributed by atoms with Crippen molar-refractivity contribution < 1.29 is 0 Å². The van der Waals surface area contributed by atoms with Gasteiger partial charge in [-0.1, -0.05) is 164 Å². The summed E-state index contributed by atoms with van der Waals surface area (Å²) >= 11 is 3.76. The zero-order valence-corrected chi connectivity index (χ0v) is 32.6. The molecule has 0 saturated heterocycles. The zero-order chi connectivity index (χ0) is 37.7. The molecule has 2 heterocycles. The Balaban J connectivity index is 1.03. The lowest BCUT2D eigenvalue weighted by atomic mass is 9.98. The molecule has 57 heavy (non-hydrogen) atoms. The molecule has 0 aliphatic carbocycles. The van der Waals surface area contributed by atoms with Gasteiger partial charge in [-0.2, -0.15) is 0 Å². The van der Waals surface area contributed by atoms with Crippen molar-refractivity contribution in [2.45, 2.75) is 0 Å². The van der Waals surface area contributed by atoms with Crippen molar-refractivity contribution in [3.8, 4) is 44.5 Å². The topological polar surface area (TPSA) is 3.24 Å². The van der Waals surface area contributed by atoms with E-state index in [1.54, 1.807) is 0 Å². The normalized spacial score (nSPS) is 11.5. The number of benzene rings is 9. The van der Waals surface area contributed by atoms with Crippen LogP contribution in [0.25, 0.3) is 84.9 Å². The van der Waals surface area contributed by atoms with Gasteiger partial charge in [0.15, 0.2) is 0 Å². The Morgan fingerprint density at radius 1 is 0.281 bits per heavy atom. The summed E-state index contributed by atoms with van der Waals surface area (Å²) in [6, 6.07) is 77.5. The maximum atomic E-state index is 2.43. The van der Waals surface area contributed by atoms with Gasteiger partial charge >= 0.3 is 0 Å². The van der Waals surface area contributed by atoms with Crippen LogP contribution in [0.15, 0.2) is 212 Å². The third-order valence-corrected chi connectivity index (χ3v) is 13.5. The van der Waals surface area contributed by atoms with Gasteiger partial charge in [0.25, 0.3) is 0 Å². The highest BCUT2D eigenvalue weighted by Gasteiger charge is 2.20. The third-order valence-electron chi connectivity index (χ3n) is 11.1. The smallest absolute Gasteiger partial charge is 0.0640 e. The van der Waals surface area contributed by atoms with Crippen LogP contribution in [0.5, 0.6) is 0 Å². The van der Waals surface area contributed by atoms with Crippen LogP contribution in [0.2, 0.25) is 0 Å². The summed E-state index contributed by atoms with van der Waals surface area (Å²) in [6.45, 7) is 0. The fraction of sp³-hybridized carbons (Fsp3) is 0. The highest BCUT2D eigenvalue weighted by molar-refractivity contribution is 7.27. The zero-order valence-electron chi connectivity index (χ0n) is 31.0. The first-order chi connectivity index (χ1) is 28.2. The summed E-state index contributed by atoms with van der Waals surface area (Å²) in [5, 5.41) is 5.22. The first-order valence-electron chi connectivity index (χ1n) is 19.3. The average Bonchev–Trinajstić information content (AvgIpc) is 3.86. The van der Waals surface area contributed by atoms with E-state index in [1.165, 1.54) is 90.5 Å². The maximum absolute atomic E-state index is 2.43. The number of anilines is 3. The van der Waals surface area contributed by atoms with Crippen LogP contribution in [0.4, 0.5) is 17.1 Å². The van der Waals surface area contributed by atoms with Gasteiger partial charge in [0.1, 0.15) is 0 Å². The Morgan fingerprint density at radius 3 is 1.47 bits per heavy atom. The molecule has 1 nitrogen and oxygen atoms in total. The fourth-order valence-corrected chi connectivity index (χ4v) is 10.8. The minimum absolute atomic E-state index is 1.12. The minimum atomic E-state index is 1.12. The number of hydrogen-bond acceptors (Lipinski definition) is 3. The molecule has 0 spiro atoms. The Kier molecular flexibility index (Phi) is 8.28. The van der Waals surface area contributed by atoms with Gasteiger partial charge < -0.3 is 4.90 Å². The molecule has 0 fully saturated rings. The van der Waals surface area contributed by atoms with Crippen LogP contribution in [-0.2, 0) is 0 Å². The number of hydrogen-bond donors (Lipinski definition) is 0. The number of nitrogens with zero attached hydrogens (tertiary/aromatic N) is 1. The van der Waals surface area contributed by atoms with E-state index in [4.69, 9.17) is 0 Å². The number of rotatable bonds is 7. The molecule has 268 valence electrons. The van der Waals surface area contributed by atoms with E-state index in [0.29, 0.717) is 0 Å². The second-order valence-corrected chi connectivity index (χ2v) is 16.6. The van der Waals surface area contributed by atoms with Crippen LogP contribution < -0.4 is 4.90 Å². The molecular formula is C54H35NS2. The molecule has 11 aromatic rings. The van der Waals surface area contributed by atoms with E-state index in [-0.39, 0.29) is 0 Å². The molecule has 0 aliphatic rings. The first-order valence-corrected chi connectivity index (χ1v) is 21.0. The maximum Gasteiger partial charge on any atom is 0.0640 e. The van der Waals surface area contributed by atoms with Crippen LogP contribution in [0, 0.1) is 0 Å². The van der Waals surface area contributed by atoms with E-state index in [9.17, 15) is 0 Å². The quantitative estimate of drug-likeness (QED) is 0.156. The monoisotopic (exact) mass is 761 g/mol. The molecule has 2 aromatic heterocycles. The van der Waals surface area contributed by atoms with Crippen LogP contribution in [0.1, 0.15) is 0 Å². The molecule has 0 unspecified atom stereocenters. The van der Waals surface area contributed by atoms with Crippen molar-refractivity contribution in [2.24, 2.45) is 0 Å². The van der Waals surface area contributed by atoms with Gasteiger partial charge in [0, 0.05) is 47.0 Å². The summed E-state index contributed by atoms with van der Waals surface area (Å²) in [4.78, 5) is 2.43. The molecule has 3 heteroatoms. The second kappa shape index (κ2) is 14.1. The lowest BCUT2D eigenvalue weighted by Gasteiger charge is -2.26. The van der Waals surface area contributed by atoms with Gasteiger partial charge in [0.2, 0.25) is 0 Å². The highest BCUT2D eigenvalue weighted by Crippen LogP contribution is 2.47. The first kappa shape index (κ1) is 33.5.